The zero-order chi connectivity index (χ0) is 16.8. The zero-order valence-corrected chi connectivity index (χ0v) is 12.2. The number of phenolic OH excluding ortho intramolecular Hbond substituents is 2. The van der Waals surface area contributed by atoms with E-state index in [1.165, 1.54) is 25.5 Å². The number of methoxy groups -OCH3 is 1. The number of esters is 1. The Hall–Kier alpha value is -3.35. The molecule has 2 aromatic rings. The summed E-state index contributed by atoms with van der Waals surface area (Å²) in [4.78, 5) is 23.1. The minimum absolute atomic E-state index is 0.0130. The highest BCUT2D eigenvalue weighted by atomic mass is 16.5. The van der Waals surface area contributed by atoms with Crippen LogP contribution in [-0.4, -0.2) is 35.4 Å². The Balaban J connectivity index is 2.01. The molecule has 2 rings (SSSR count). The lowest BCUT2D eigenvalue weighted by Gasteiger charge is -2.03. The van der Waals surface area contributed by atoms with E-state index in [4.69, 9.17) is 5.11 Å². The van der Waals surface area contributed by atoms with Crippen molar-refractivity contribution in [1.29, 1.82) is 0 Å². The molecular formula is C16H14N2O5. The Morgan fingerprint density at radius 2 is 1.83 bits per heavy atom. The number of hydrazone groups is 1. The van der Waals surface area contributed by atoms with Gasteiger partial charge in [-0.25, -0.2) is 10.2 Å². The van der Waals surface area contributed by atoms with Crippen molar-refractivity contribution in [2.75, 3.05) is 7.11 Å². The summed E-state index contributed by atoms with van der Waals surface area (Å²) in [7, 11) is 1.30. The largest absolute Gasteiger partial charge is 0.508 e. The Morgan fingerprint density at radius 3 is 2.43 bits per heavy atom. The van der Waals surface area contributed by atoms with Crippen LogP contribution in [0.15, 0.2) is 47.6 Å². The highest BCUT2D eigenvalue weighted by Gasteiger charge is 2.10. The highest BCUT2D eigenvalue weighted by Crippen LogP contribution is 2.22. The van der Waals surface area contributed by atoms with Crippen LogP contribution >= 0.6 is 0 Å². The number of hydrogen-bond donors (Lipinski definition) is 3. The van der Waals surface area contributed by atoms with E-state index in [2.05, 4.69) is 15.3 Å². The molecule has 0 saturated heterocycles. The van der Waals surface area contributed by atoms with Gasteiger partial charge in [-0.2, -0.15) is 5.10 Å². The molecular weight excluding hydrogens is 300 g/mol. The van der Waals surface area contributed by atoms with Crippen molar-refractivity contribution in [2.24, 2.45) is 5.10 Å². The highest BCUT2D eigenvalue weighted by molar-refractivity contribution is 5.97. The number of carbonyl (C=O) groups excluding carboxylic acids is 2. The van der Waals surface area contributed by atoms with E-state index < -0.39 is 11.9 Å². The SMILES string of the molecule is COC(=O)c1ccc(/C=N\NC(=O)c2ccc(O)cc2O)cc1. The van der Waals surface area contributed by atoms with Crippen LogP contribution < -0.4 is 5.43 Å². The number of carbonyl (C=O) groups is 2. The molecule has 7 nitrogen and oxygen atoms in total. The van der Waals surface area contributed by atoms with Crippen LogP contribution in [-0.2, 0) is 4.74 Å². The predicted octanol–water partition coefficient (Wildman–Crippen LogP) is 1.65. The molecule has 0 atom stereocenters. The maximum Gasteiger partial charge on any atom is 0.337 e. The second kappa shape index (κ2) is 7.08. The first-order valence-electron chi connectivity index (χ1n) is 6.55. The van der Waals surface area contributed by atoms with Gasteiger partial charge >= 0.3 is 5.97 Å². The van der Waals surface area contributed by atoms with E-state index in [-0.39, 0.29) is 17.1 Å². The number of amides is 1. The first-order chi connectivity index (χ1) is 11.0. The maximum atomic E-state index is 11.8. The lowest BCUT2D eigenvalue weighted by molar-refractivity contribution is 0.0600. The van der Waals surface area contributed by atoms with Gasteiger partial charge < -0.3 is 14.9 Å². The van der Waals surface area contributed by atoms with Crippen LogP contribution in [0.5, 0.6) is 11.5 Å². The fourth-order valence-electron chi connectivity index (χ4n) is 1.76. The number of ether oxygens (including phenoxy) is 1. The first-order valence-corrected chi connectivity index (χ1v) is 6.55. The van der Waals surface area contributed by atoms with Crippen molar-refractivity contribution < 1.29 is 24.5 Å². The Bertz CT molecular complexity index is 754. The van der Waals surface area contributed by atoms with Crippen LogP contribution in [0.3, 0.4) is 0 Å². The number of benzene rings is 2. The van der Waals surface area contributed by atoms with Gasteiger partial charge in [0, 0.05) is 6.07 Å². The first kappa shape index (κ1) is 16.0. The lowest BCUT2D eigenvalue weighted by Crippen LogP contribution is -2.17. The minimum atomic E-state index is -0.620. The van der Waals surface area contributed by atoms with Crippen LogP contribution in [0.1, 0.15) is 26.3 Å². The fraction of sp³-hybridized carbons (Fsp3) is 0.0625. The van der Waals surface area contributed by atoms with E-state index >= 15 is 0 Å². The molecule has 3 N–H and O–H groups in total. The van der Waals surface area contributed by atoms with Crippen molar-refractivity contribution >= 4 is 18.1 Å². The Labute approximate surface area is 131 Å². The van der Waals surface area contributed by atoms with Gasteiger partial charge in [-0.15, -0.1) is 0 Å². The molecule has 0 aliphatic rings. The third-order valence-electron chi connectivity index (χ3n) is 2.94. The average Bonchev–Trinajstić information content (AvgIpc) is 2.54. The van der Waals surface area contributed by atoms with Crippen molar-refractivity contribution in [3.8, 4) is 11.5 Å². The lowest BCUT2D eigenvalue weighted by atomic mass is 10.1. The van der Waals surface area contributed by atoms with E-state index in [1.54, 1.807) is 24.3 Å². The summed E-state index contributed by atoms with van der Waals surface area (Å²) in [5.74, 6) is -1.55. The normalized spacial score (nSPS) is 10.5. The van der Waals surface area contributed by atoms with Crippen molar-refractivity contribution in [3.05, 3.63) is 59.2 Å². The molecule has 0 saturated carbocycles. The van der Waals surface area contributed by atoms with Gasteiger partial charge in [0.1, 0.15) is 11.5 Å². The van der Waals surface area contributed by atoms with Crippen LogP contribution in [0.2, 0.25) is 0 Å². The molecule has 1 amide bonds. The van der Waals surface area contributed by atoms with Gasteiger partial charge in [-0.3, -0.25) is 4.79 Å². The summed E-state index contributed by atoms with van der Waals surface area (Å²) in [6.07, 6.45) is 1.39. The molecule has 0 unspecified atom stereocenters. The van der Waals surface area contributed by atoms with Crippen LogP contribution in [0.25, 0.3) is 0 Å². The summed E-state index contributed by atoms with van der Waals surface area (Å²) in [5, 5.41) is 22.5. The molecule has 0 heterocycles. The third kappa shape index (κ3) is 4.07. The third-order valence-corrected chi connectivity index (χ3v) is 2.94. The van der Waals surface area contributed by atoms with E-state index in [0.717, 1.165) is 6.07 Å². The molecule has 0 aromatic heterocycles. The molecule has 23 heavy (non-hydrogen) atoms. The van der Waals surface area contributed by atoms with Gasteiger partial charge in [0.05, 0.1) is 24.5 Å². The molecule has 0 spiro atoms. The summed E-state index contributed by atoms with van der Waals surface area (Å²) < 4.78 is 4.59. The number of phenols is 2. The van der Waals surface area contributed by atoms with E-state index in [1.807, 2.05) is 0 Å². The number of nitrogens with one attached hydrogen (secondary N) is 1. The van der Waals surface area contributed by atoms with Gasteiger partial charge in [-0.05, 0) is 29.8 Å². The van der Waals surface area contributed by atoms with Crippen molar-refractivity contribution in [2.45, 2.75) is 0 Å². The van der Waals surface area contributed by atoms with Crippen LogP contribution in [0, 0.1) is 0 Å². The van der Waals surface area contributed by atoms with Crippen molar-refractivity contribution in [1.82, 2.24) is 5.43 Å². The summed E-state index contributed by atoms with van der Waals surface area (Å²) in [5.41, 5.74) is 3.31. The second-order valence-electron chi connectivity index (χ2n) is 4.51. The maximum absolute atomic E-state index is 11.8. The minimum Gasteiger partial charge on any atom is -0.508 e. The molecule has 118 valence electrons. The van der Waals surface area contributed by atoms with Gasteiger partial charge in [0.25, 0.3) is 5.91 Å². The summed E-state index contributed by atoms with van der Waals surface area (Å²) in [6.45, 7) is 0. The molecule has 0 radical (unpaired) electrons. The van der Waals surface area contributed by atoms with Gasteiger partial charge in [0.15, 0.2) is 0 Å². The zero-order valence-electron chi connectivity index (χ0n) is 12.2. The second-order valence-corrected chi connectivity index (χ2v) is 4.51. The van der Waals surface area contributed by atoms with Crippen LogP contribution in [0.4, 0.5) is 0 Å². The smallest absolute Gasteiger partial charge is 0.337 e. The molecule has 0 fully saturated rings. The topological polar surface area (TPSA) is 108 Å². The molecule has 2 aromatic carbocycles. The monoisotopic (exact) mass is 314 g/mol. The summed E-state index contributed by atoms with van der Waals surface area (Å²) in [6, 6.07) is 10.0. The average molecular weight is 314 g/mol. The fourth-order valence-corrected chi connectivity index (χ4v) is 1.76. The molecule has 0 aliphatic heterocycles. The number of hydrogen-bond acceptors (Lipinski definition) is 6. The quantitative estimate of drug-likeness (QED) is 0.452. The predicted molar refractivity (Wildman–Crippen MR) is 82.6 cm³/mol. The van der Waals surface area contributed by atoms with E-state index in [0.29, 0.717) is 11.1 Å². The van der Waals surface area contributed by atoms with E-state index in [9.17, 15) is 14.7 Å². The molecule has 0 aliphatic carbocycles. The Morgan fingerprint density at radius 1 is 1.13 bits per heavy atom. The van der Waals surface area contributed by atoms with Gasteiger partial charge in [-0.1, -0.05) is 12.1 Å². The number of rotatable bonds is 4. The van der Waals surface area contributed by atoms with Gasteiger partial charge in [0.2, 0.25) is 0 Å². The number of nitrogens with zero attached hydrogens (tertiary/aromatic N) is 1. The van der Waals surface area contributed by atoms with Crippen molar-refractivity contribution in [3.63, 3.8) is 0 Å². The Kier molecular flexibility index (Phi) is 4.93. The number of aromatic hydroxyl groups is 2. The molecule has 0 bridgehead atoms. The summed E-state index contributed by atoms with van der Waals surface area (Å²) >= 11 is 0. The standard InChI is InChI=1S/C16H14N2O5/c1-23-16(22)11-4-2-10(3-5-11)9-17-18-15(21)13-7-6-12(19)8-14(13)20/h2-9,19-20H,1H3,(H,18,21)/b17-9-. The molecule has 7 heteroatoms.